The molecule has 3 heteroatoms. The van der Waals surface area contributed by atoms with Crippen molar-refractivity contribution >= 4 is 5.69 Å². The lowest BCUT2D eigenvalue weighted by atomic mass is 9.99. The summed E-state index contributed by atoms with van der Waals surface area (Å²) in [7, 11) is 0. The van der Waals surface area contributed by atoms with E-state index in [9.17, 15) is 0 Å². The van der Waals surface area contributed by atoms with Crippen molar-refractivity contribution in [1.82, 2.24) is 0 Å². The molecule has 0 aromatic heterocycles. The third-order valence-electron chi connectivity index (χ3n) is 2.42. The molecule has 0 saturated heterocycles. The van der Waals surface area contributed by atoms with Crippen LogP contribution in [0.4, 0.5) is 5.69 Å². The summed E-state index contributed by atoms with van der Waals surface area (Å²) in [5.41, 5.74) is 15.3. The first-order valence-electron chi connectivity index (χ1n) is 4.30. The third-order valence-corrected chi connectivity index (χ3v) is 2.42. The molecule has 1 rings (SSSR count). The fourth-order valence-corrected chi connectivity index (χ4v) is 1.28. The lowest BCUT2D eigenvalue weighted by molar-refractivity contribution is 0.268. The maximum Gasteiger partial charge on any atom is 0.0625 e. The number of benzene rings is 1. The van der Waals surface area contributed by atoms with Gasteiger partial charge in [-0.05, 0) is 30.5 Å². The fraction of sp³-hybridized carbons (Fsp3) is 0.400. The summed E-state index contributed by atoms with van der Waals surface area (Å²) >= 11 is 0. The second-order valence-corrected chi connectivity index (χ2v) is 3.30. The molecule has 0 saturated carbocycles. The minimum Gasteiger partial charge on any atom is -0.398 e. The number of anilines is 1. The van der Waals surface area contributed by atoms with Crippen molar-refractivity contribution in [2.75, 3.05) is 12.3 Å². The van der Waals surface area contributed by atoms with Gasteiger partial charge in [-0.25, -0.2) is 0 Å². The van der Waals surface area contributed by atoms with Crippen molar-refractivity contribution in [2.45, 2.75) is 19.9 Å². The molecule has 72 valence electrons. The Kier molecular flexibility index (Phi) is 2.90. The molecular formula is C10H16N2O. The van der Waals surface area contributed by atoms with E-state index in [2.05, 4.69) is 0 Å². The molecule has 0 fully saturated rings. The Hall–Kier alpha value is -1.06. The van der Waals surface area contributed by atoms with Crippen LogP contribution in [-0.4, -0.2) is 11.7 Å². The first-order valence-corrected chi connectivity index (χ1v) is 4.30. The van der Waals surface area contributed by atoms with Crippen molar-refractivity contribution < 1.29 is 5.11 Å². The summed E-state index contributed by atoms with van der Waals surface area (Å²) in [6, 6.07) is 3.47. The Morgan fingerprint density at radius 1 is 1.38 bits per heavy atom. The van der Waals surface area contributed by atoms with E-state index in [1.807, 2.05) is 26.0 Å². The van der Waals surface area contributed by atoms with Crippen molar-refractivity contribution in [3.05, 3.63) is 28.8 Å². The number of aryl methyl sites for hydroxylation is 1. The number of aliphatic hydroxyl groups excluding tert-OH is 1. The Balaban J connectivity index is 3.18. The van der Waals surface area contributed by atoms with Gasteiger partial charge < -0.3 is 16.6 Å². The second kappa shape index (κ2) is 3.77. The zero-order valence-electron chi connectivity index (χ0n) is 8.04. The minimum atomic E-state index is -0.376. The van der Waals surface area contributed by atoms with Gasteiger partial charge in [-0.2, -0.15) is 0 Å². The molecule has 5 N–H and O–H groups in total. The Labute approximate surface area is 78.4 Å². The predicted molar refractivity (Wildman–Crippen MR) is 54.3 cm³/mol. The van der Waals surface area contributed by atoms with Crippen molar-refractivity contribution in [2.24, 2.45) is 5.73 Å². The van der Waals surface area contributed by atoms with E-state index < -0.39 is 0 Å². The molecule has 0 aliphatic carbocycles. The number of hydrogen-bond donors (Lipinski definition) is 3. The second-order valence-electron chi connectivity index (χ2n) is 3.30. The molecule has 1 atom stereocenters. The maximum absolute atomic E-state index is 8.89. The van der Waals surface area contributed by atoms with Gasteiger partial charge in [0.2, 0.25) is 0 Å². The number of rotatable bonds is 2. The molecule has 1 aromatic carbocycles. The van der Waals surface area contributed by atoms with Gasteiger partial charge in [0.05, 0.1) is 12.6 Å². The van der Waals surface area contributed by atoms with Gasteiger partial charge >= 0.3 is 0 Å². The molecule has 0 bridgehead atoms. The minimum absolute atomic E-state index is 0.0767. The normalized spacial score (nSPS) is 12.9. The Bertz CT molecular complexity index is 310. The van der Waals surface area contributed by atoms with E-state index in [0.29, 0.717) is 5.69 Å². The first-order chi connectivity index (χ1) is 6.07. The SMILES string of the molecule is Cc1ccc(C(N)CO)c(N)c1C. The largest absolute Gasteiger partial charge is 0.398 e. The molecule has 0 spiro atoms. The van der Waals surface area contributed by atoms with Crippen molar-refractivity contribution in [3.8, 4) is 0 Å². The molecule has 0 radical (unpaired) electrons. The maximum atomic E-state index is 8.89. The molecule has 13 heavy (non-hydrogen) atoms. The lowest BCUT2D eigenvalue weighted by Gasteiger charge is -2.14. The van der Waals surface area contributed by atoms with Crippen LogP contribution in [0.15, 0.2) is 12.1 Å². The topological polar surface area (TPSA) is 72.3 Å². The van der Waals surface area contributed by atoms with Gasteiger partial charge in [0, 0.05) is 5.69 Å². The van der Waals surface area contributed by atoms with E-state index >= 15 is 0 Å². The van der Waals surface area contributed by atoms with Crippen molar-refractivity contribution in [3.63, 3.8) is 0 Å². The molecule has 1 unspecified atom stereocenters. The van der Waals surface area contributed by atoms with Crippen LogP contribution in [0, 0.1) is 13.8 Å². The zero-order valence-corrected chi connectivity index (χ0v) is 8.04. The molecule has 0 heterocycles. The highest BCUT2D eigenvalue weighted by atomic mass is 16.3. The highest BCUT2D eigenvalue weighted by molar-refractivity contribution is 5.57. The van der Waals surface area contributed by atoms with Gasteiger partial charge in [-0.1, -0.05) is 12.1 Å². The van der Waals surface area contributed by atoms with Crippen LogP contribution in [-0.2, 0) is 0 Å². The lowest BCUT2D eigenvalue weighted by Crippen LogP contribution is -2.17. The standard InChI is InChI=1S/C10H16N2O/c1-6-3-4-8(9(11)5-13)10(12)7(6)2/h3-4,9,13H,5,11-12H2,1-2H3. The van der Waals surface area contributed by atoms with Gasteiger partial charge in [-0.15, -0.1) is 0 Å². The van der Waals surface area contributed by atoms with Crippen LogP contribution >= 0.6 is 0 Å². The predicted octanol–water partition coefficient (Wildman–Crippen LogP) is 0.878. The van der Waals surface area contributed by atoms with Gasteiger partial charge in [-0.3, -0.25) is 0 Å². The summed E-state index contributed by atoms with van der Waals surface area (Å²) in [5, 5.41) is 8.89. The first kappa shape index (κ1) is 10.0. The Morgan fingerprint density at radius 3 is 2.54 bits per heavy atom. The Morgan fingerprint density at radius 2 is 2.00 bits per heavy atom. The molecule has 1 aromatic rings. The summed E-state index contributed by atoms with van der Waals surface area (Å²) < 4.78 is 0. The number of aliphatic hydroxyl groups is 1. The van der Waals surface area contributed by atoms with Crippen LogP contribution < -0.4 is 11.5 Å². The van der Waals surface area contributed by atoms with Crippen LogP contribution in [0.2, 0.25) is 0 Å². The highest BCUT2D eigenvalue weighted by Gasteiger charge is 2.10. The third kappa shape index (κ3) is 1.82. The fourth-order valence-electron chi connectivity index (χ4n) is 1.28. The van der Waals surface area contributed by atoms with E-state index in [1.54, 1.807) is 0 Å². The smallest absolute Gasteiger partial charge is 0.0625 e. The van der Waals surface area contributed by atoms with Gasteiger partial charge in [0.25, 0.3) is 0 Å². The zero-order chi connectivity index (χ0) is 10.0. The van der Waals surface area contributed by atoms with Crippen LogP contribution in [0.25, 0.3) is 0 Å². The van der Waals surface area contributed by atoms with Gasteiger partial charge in [0.1, 0.15) is 0 Å². The van der Waals surface area contributed by atoms with E-state index in [4.69, 9.17) is 16.6 Å². The van der Waals surface area contributed by atoms with Crippen LogP contribution in [0.1, 0.15) is 22.7 Å². The molecule has 0 aliphatic rings. The number of nitrogens with two attached hydrogens (primary N) is 2. The van der Waals surface area contributed by atoms with E-state index in [0.717, 1.165) is 16.7 Å². The number of hydrogen-bond acceptors (Lipinski definition) is 3. The monoisotopic (exact) mass is 180 g/mol. The molecular weight excluding hydrogens is 164 g/mol. The van der Waals surface area contributed by atoms with Gasteiger partial charge in [0.15, 0.2) is 0 Å². The average Bonchev–Trinajstić information content (AvgIpc) is 2.13. The van der Waals surface area contributed by atoms with Crippen LogP contribution in [0.5, 0.6) is 0 Å². The summed E-state index contributed by atoms with van der Waals surface area (Å²) in [6.07, 6.45) is 0. The van der Waals surface area contributed by atoms with Crippen LogP contribution in [0.3, 0.4) is 0 Å². The number of nitrogen functional groups attached to an aromatic ring is 1. The van der Waals surface area contributed by atoms with E-state index in [-0.39, 0.29) is 12.6 Å². The molecule has 0 aliphatic heterocycles. The summed E-state index contributed by atoms with van der Waals surface area (Å²) in [4.78, 5) is 0. The molecule has 3 nitrogen and oxygen atoms in total. The quantitative estimate of drug-likeness (QED) is 0.591. The summed E-state index contributed by atoms with van der Waals surface area (Å²) in [6.45, 7) is 3.88. The molecule has 0 amide bonds. The van der Waals surface area contributed by atoms with E-state index in [1.165, 1.54) is 0 Å². The average molecular weight is 180 g/mol. The summed E-state index contributed by atoms with van der Waals surface area (Å²) in [5.74, 6) is 0. The van der Waals surface area contributed by atoms with Crippen molar-refractivity contribution in [1.29, 1.82) is 0 Å². The highest BCUT2D eigenvalue weighted by Crippen LogP contribution is 2.24.